The lowest BCUT2D eigenvalue weighted by Crippen LogP contribution is -2.18. The Balaban J connectivity index is 1.29. The number of aromatic nitrogens is 3. The Bertz CT molecular complexity index is 799. The molecule has 0 amide bonds. The van der Waals surface area contributed by atoms with E-state index in [1.807, 2.05) is 18.2 Å². The number of benzene rings is 1. The van der Waals surface area contributed by atoms with E-state index >= 15 is 0 Å². The van der Waals surface area contributed by atoms with Gasteiger partial charge >= 0.3 is 0 Å². The molecule has 0 bridgehead atoms. The third kappa shape index (κ3) is 4.58. The molecule has 1 saturated heterocycles. The molecule has 1 aromatic carbocycles. The van der Waals surface area contributed by atoms with Crippen molar-refractivity contribution in [1.29, 1.82) is 0 Å². The van der Waals surface area contributed by atoms with E-state index in [0.29, 0.717) is 6.10 Å². The van der Waals surface area contributed by atoms with Crippen molar-refractivity contribution < 1.29 is 4.74 Å². The lowest BCUT2D eigenvalue weighted by molar-refractivity contribution is 0.120. The smallest absolute Gasteiger partial charge is 0.206 e. The summed E-state index contributed by atoms with van der Waals surface area (Å²) in [6, 6.07) is 10.3. The molecule has 1 aliphatic heterocycles. The van der Waals surface area contributed by atoms with Crippen molar-refractivity contribution in [3.8, 4) is 10.6 Å². The van der Waals surface area contributed by atoms with Crippen LogP contribution in [0.25, 0.3) is 10.6 Å². The van der Waals surface area contributed by atoms with E-state index in [1.54, 1.807) is 34.4 Å². The third-order valence-electron chi connectivity index (χ3n) is 3.83. The number of thiazole rings is 1. The maximum absolute atomic E-state index is 5.61. The van der Waals surface area contributed by atoms with Crippen LogP contribution in [0.5, 0.6) is 0 Å². The van der Waals surface area contributed by atoms with E-state index in [4.69, 9.17) is 9.72 Å². The highest BCUT2D eigenvalue weighted by atomic mass is 32.2. The lowest BCUT2D eigenvalue weighted by Gasteiger charge is -2.08. The minimum absolute atomic E-state index is 0.311. The van der Waals surface area contributed by atoms with Crippen LogP contribution >= 0.6 is 34.4 Å². The molecule has 1 aliphatic rings. The van der Waals surface area contributed by atoms with Crippen molar-refractivity contribution in [2.45, 2.75) is 29.0 Å². The topological polar surface area (TPSA) is 59.9 Å². The zero-order chi connectivity index (χ0) is 16.9. The first-order valence-corrected chi connectivity index (χ1v) is 10.9. The number of nitrogens with zero attached hydrogens (tertiary/aromatic N) is 3. The second-order valence-electron chi connectivity index (χ2n) is 5.69. The van der Waals surface area contributed by atoms with E-state index in [9.17, 15) is 0 Å². The molecular formula is C17H18N4OS3. The van der Waals surface area contributed by atoms with Gasteiger partial charge in [0.2, 0.25) is 5.13 Å². The number of thioether (sulfide) groups is 1. The molecule has 0 spiro atoms. The van der Waals surface area contributed by atoms with E-state index in [2.05, 4.69) is 33.0 Å². The van der Waals surface area contributed by atoms with Gasteiger partial charge in [-0.1, -0.05) is 53.4 Å². The standard InChI is InChI=1S/C17H18N4OS3/c1-2-5-12(6-3-1)15-19-13(10-23-15)11-24-17-21-20-16(25-17)18-9-14-7-4-8-22-14/h1-3,5-6,10,14H,4,7-9,11H2,(H,18,20). The molecule has 1 atom stereocenters. The van der Waals surface area contributed by atoms with Gasteiger partial charge in [-0.15, -0.1) is 21.5 Å². The van der Waals surface area contributed by atoms with Crippen LogP contribution < -0.4 is 5.32 Å². The van der Waals surface area contributed by atoms with Crippen LogP contribution in [-0.4, -0.2) is 34.4 Å². The Morgan fingerprint density at radius 1 is 1.24 bits per heavy atom. The van der Waals surface area contributed by atoms with Crippen molar-refractivity contribution in [3.63, 3.8) is 0 Å². The van der Waals surface area contributed by atoms with Gasteiger partial charge in [0.1, 0.15) is 5.01 Å². The Kier molecular flexibility index (Phi) is 5.61. The molecule has 0 radical (unpaired) electrons. The molecule has 1 N–H and O–H groups in total. The highest BCUT2D eigenvalue weighted by Gasteiger charge is 2.16. The molecule has 4 rings (SSSR count). The molecule has 1 unspecified atom stereocenters. The first kappa shape index (κ1) is 17.0. The molecule has 0 saturated carbocycles. The van der Waals surface area contributed by atoms with Crippen molar-refractivity contribution >= 4 is 39.6 Å². The Morgan fingerprint density at radius 3 is 3.00 bits per heavy atom. The SMILES string of the molecule is c1ccc(-c2nc(CSc3nnc(NCC4CCCO4)s3)cs2)cc1. The van der Waals surface area contributed by atoms with Gasteiger partial charge in [0, 0.05) is 29.8 Å². The number of hydrogen-bond donors (Lipinski definition) is 1. The van der Waals surface area contributed by atoms with Crippen molar-refractivity contribution in [1.82, 2.24) is 15.2 Å². The summed E-state index contributed by atoms with van der Waals surface area (Å²) >= 11 is 4.95. The van der Waals surface area contributed by atoms with Crippen LogP contribution in [-0.2, 0) is 10.5 Å². The van der Waals surface area contributed by atoms with Gasteiger partial charge in [0.05, 0.1) is 11.8 Å². The molecule has 25 heavy (non-hydrogen) atoms. The zero-order valence-corrected chi connectivity index (χ0v) is 16.0. The molecule has 3 aromatic rings. The normalized spacial score (nSPS) is 17.0. The second kappa shape index (κ2) is 8.27. The van der Waals surface area contributed by atoms with E-state index in [-0.39, 0.29) is 0 Å². The van der Waals surface area contributed by atoms with Crippen LogP contribution in [0.4, 0.5) is 5.13 Å². The minimum atomic E-state index is 0.311. The van der Waals surface area contributed by atoms with Crippen molar-refractivity contribution in [2.24, 2.45) is 0 Å². The van der Waals surface area contributed by atoms with E-state index in [0.717, 1.165) is 51.9 Å². The summed E-state index contributed by atoms with van der Waals surface area (Å²) in [4.78, 5) is 4.71. The summed E-state index contributed by atoms with van der Waals surface area (Å²) in [7, 11) is 0. The third-order valence-corrected chi connectivity index (χ3v) is 6.82. The van der Waals surface area contributed by atoms with Gasteiger partial charge in [-0.05, 0) is 12.8 Å². The van der Waals surface area contributed by atoms with Gasteiger partial charge in [-0.2, -0.15) is 0 Å². The molecule has 8 heteroatoms. The quantitative estimate of drug-likeness (QED) is 0.598. The summed E-state index contributed by atoms with van der Waals surface area (Å²) in [5.41, 5.74) is 2.25. The highest BCUT2D eigenvalue weighted by Crippen LogP contribution is 2.30. The van der Waals surface area contributed by atoms with Crippen molar-refractivity contribution in [3.05, 3.63) is 41.4 Å². The van der Waals surface area contributed by atoms with Crippen LogP contribution in [0.2, 0.25) is 0 Å². The zero-order valence-electron chi connectivity index (χ0n) is 13.6. The largest absolute Gasteiger partial charge is 0.376 e. The first-order chi connectivity index (χ1) is 12.4. The summed E-state index contributed by atoms with van der Waals surface area (Å²) in [5, 5.41) is 15.8. The highest BCUT2D eigenvalue weighted by molar-refractivity contribution is 8.00. The van der Waals surface area contributed by atoms with Gasteiger partial charge in [-0.3, -0.25) is 0 Å². The fourth-order valence-corrected chi connectivity index (χ4v) is 5.15. The lowest BCUT2D eigenvalue weighted by atomic mass is 10.2. The molecule has 5 nitrogen and oxygen atoms in total. The summed E-state index contributed by atoms with van der Waals surface area (Å²) in [6.07, 6.45) is 2.59. The Morgan fingerprint density at radius 2 is 2.16 bits per heavy atom. The molecular weight excluding hydrogens is 372 g/mol. The molecule has 1 fully saturated rings. The van der Waals surface area contributed by atoms with Gasteiger partial charge in [0.25, 0.3) is 0 Å². The average molecular weight is 391 g/mol. The van der Waals surface area contributed by atoms with Crippen LogP contribution in [0.1, 0.15) is 18.5 Å². The van der Waals surface area contributed by atoms with E-state index in [1.165, 1.54) is 5.56 Å². The molecule has 0 aliphatic carbocycles. The number of hydrogen-bond acceptors (Lipinski definition) is 8. The Hall–Kier alpha value is -1.48. The molecule has 3 heterocycles. The van der Waals surface area contributed by atoms with E-state index < -0.39 is 0 Å². The average Bonchev–Trinajstić information content (AvgIpc) is 3.40. The number of rotatable bonds is 7. The number of nitrogens with one attached hydrogen (secondary N) is 1. The predicted octanol–water partition coefficient (Wildman–Crippen LogP) is 4.54. The van der Waals surface area contributed by atoms with Gasteiger partial charge in [-0.25, -0.2) is 4.98 Å². The number of ether oxygens (including phenoxy) is 1. The first-order valence-electron chi connectivity index (χ1n) is 8.18. The Labute approximate surface area is 158 Å². The van der Waals surface area contributed by atoms with Crippen LogP contribution in [0.15, 0.2) is 40.1 Å². The minimum Gasteiger partial charge on any atom is -0.376 e. The summed E-state index contributed by atoms with van der Waals surface area (Å²) in [6.45, 7) is 1.69. The maximum atomic E-state index is 5.61. The van der Waals surface area contributed by atoms with Crippen molar-refractivity contribution in [2.75, 3.05) is 18.5 Å². The maximum Gasteiger partial charge on any atom is 0.206 e. The number of anilines is 1. The summed E-state index contributed by atoms with van der Waals surface area (Å²) < 4.78 is 6.57. The van der Waals surface area contributed by atoms with Crippen LogP contribution in [0, 0.1) is 0 Å². The molecule has 2 aromatic heterocycles. The van der Waals surface area contributed by atoms with Gasteiger partial charge < -0.3 is 10.1 Å². The van der Waals surface area contributed by atoms with Crippen LogP contribution in [0.3, 0.4) is 0 Å². The van der Waals surface area contributed by atoms with Gasteiger partial charge in [0.15, 0.2) is 4.34 Å². The molecule has 130 valence electrons. The monoisotopic (exact) mass is 390 g/mol. The summed E-state index contributed by atoms with van der Waals surface area (Å²) in [5.74, 6) is 0.809. The fourth-order valence-electron chi connectivity index (χ4n) is 2.57. The second-order valence-corrected chi connectivity index (χ2v) is 8.75. The fraction of sp³-hybridized carbons (Fsp3) is 0.353. The predicted molar refractivity (Wildman–Crippen MR) is 104 cm³/mol.